The summed E-state index contributed by atoms with van der Waals surface area (Å²) in [5.41, 5.74) is 1.29. The van der Waals surface area contributed by atoms with Gasteiger partial charge >= 0.3 is 0 Å². The van der Waals surface area contributed by atoms with Crippen molar-refractivity contribution in [2.75, 3.05) is 5.88 Å². The van der Waals surface area contributed by atoms with Crippen molar-refractivity contribution in [2.45, 2.75) is 53.4 Å². The molecule has 0 aromatic heterocycles. The van der Waals surface area contributed by atoms with E-state index in [1.54, 1.807) is 0 Å². The van der Waals surface area contributed by atoms with Gasteiger partial charge < -0.3 is 0 Å². The lowest BCUT2D eigenvalue weighted by Crippen LogP contribution is -1.89. The van der Waals surface area contributed by atoms with E-state index in [9.17, 15) is 0 Å². The van der Waals surface area contributed by atoms with Crippen LogP contribution in [0.5, 0.6) is 0 Å². The number of rotatable bonds is 5. The minimum Gasteiger partial charge on any atom is -0.127 e. The van der Waals surface area contributed by atoms with Crippen LogP contribution in [0, 0.1) is 5.92 Å². The average Bonchev–Trinajstić information content (AvgIpc) is 2.14. The number of alkyl halides is 1. The number of halogens is 1. The number of hydrogen-bond acceptors (Lipinski definition) is 0. The van der Waals surface area contributed by atoms with E-state index in [2.05, 4.69) is 34.3 Å². The SMILES string of the molecule is C=C(C)C(C)CC.CCCCCCl. The molecule has 0 amide bonds. The molecular formula is C12H25Cl. The summed E-state index contributed by atoms with van der Waals surface area (Å²) >= 11 is 5.38. The molecule has 0 aliphatic heterocycles. The standard InChI is InChI=1S/C7H14.C5H11Cl/c1-5-7(4)6(2)3;1-2-3-4-5-6/h7H,2,5H2,1,3-4H3;2-5H2,1H3. The Morgan fingerprint density at radius 2 is 1.85 bits per heavy atom. The Morgan fingerprint density at radius 1 is 1.31 bits per heavy atom. The fraction of sp³-hybridized carbons (Fsp3) is 0.833. The van der Waals surface area contributed by atoms with Crippen LogP contribution in [0.4, 0.5) is 0 Å². The largest absolute Gasteiger partial charge is 0.127 e. The Morgan fingerprint density at radius 3 is 1.92 bits per heavy atom. The Kier molecular flexibility index (Phi) is 14.3. The summed E-state index contributed by atoms with van der Waals surface area (Å²) in [5.74, 6) is 1.54. The molecule has 0 aromatic rings. The van der Waals surface area contributed by atoms with E-state index in [0.717, 1.165) is 5.88 Å². The van der Waals surface area contributed by atoms with Crippen molar-refractivity contribution in [1.29, 1.82) is 0 Å². The summed E-state index contributed by atoms with van der Waals surface area (Å²) in [4.78, 5) is 0. The molecule has 0 bridgehead atoms. The number of hydrogen-bond donors (Lipinski definition) is 0. The van der Waals surface area contributed by atoms with Gasteiger partial charge in [-0.2, -0.15) is 0 Å². The van der Waals surface area contributed by atoms with Crippen LogP contribution in [-0.4, -0.2) is 5.88 Å². The molecule has 0 aliphatic rings. The van der Waals surface area contributed by atoms with E-state index in [-0.39, 0.29) is 0 Å². The van der Waals surface area contributed by atoms with Gasteiger partial charge in [-0.15, -0.1) is 11.6 Å². The summed E-state index contributed by atoms with van der Waals surface area (Å²) in [5, 5.41) is 0. The molecule has 0 aliphatic carbocycles. The van der Waals surface area contributed by atoms with Gasteiger partial charge in [0, 0.05) is 5.88 Å². The van der Waals surface area contributed by atoms with Gasteiger partial charge in [0.25, 0.3) is 0 Å². The lowest BCUT2D eigenvalue weighted by atomic mass is 10.0. The summed E-state index contributed by atoms with van der Waals surface area (Å²) < 4.78 is 0. The van der Waals surface area contributed by atoms with E-state index in [1.165, 1.54) is 31.3 Å². The molecular weight excluding hydrogens is 180 g/mol. The van der Waals surface area contributed by atoms with Crippen LogP contribution in [0.2, 0.25) is 0 Å². The Bertz CT molecular complexity index is 104. The van der Waals surface area contributed by atoms with E-state index in [1.807, 2.05) is 0 Å². The Hall–Kier alpha value is 0.0300. The van der Waals surface area contributed by atoms with Crippen molar-refractivity contribution in [3.05, 3.63) is 12.2 Å². The van der Waals surface area contributed by atoms with E-state index >= 15 is 0 Å². The number of unbranched alkanes of at least 4 members (excludes halogenated alkanes) is 2. The summed E-state index contributed by atoms with van der Waals surface area (Å²) in [6.07, 6.45) is 4.95. The first-order valence-corrected chi connectivity index (χ1v) is 5.84. The van der Waals surface area contributed by atoms with Crippen molar-refractivity contribution >= 4 is 11.6 Å². The van der Waals surface area contributed by atoms with Crippen LogP contribution in [0.3, 0.4) is 0 Å². The van der Waals surface area contributed by atoms with Crippen LogP contribution in [-0.2, 0) is 0 Å². The summed E-state index contributed by atoms with van der Waals surface area (Å²) in [7, 11) is 0. The maximum atomic E-state index is 5.38. The minimum atomic E-state index is 0.708. The molecule has 1 atom stereocenters. The molecule has 80 valence electrons. The second-order valence-electron chi connectivity index (χ2n) is 3.55. The van der Waals surface area contributed by atoms with Gasteiger partial charge in [0.2, 0.25) is 0 Å². The molecule has 0 rings (SSSR count). The quantitative estimate of drug-likeness (QED) is 0.335. The molecule has 0 aromatic carbocycles. The maximum Gasteiger partial charge on any atom is 0.0223 e. The highest BCUT2D eigenvalue weighted by molar-refractivity contribution is 6.17. The molecule has 0 fully saturated rings. The molecule has 0 spiro atoms. The van der Waals surface area contributed by atoms with Gasteiger partial charge in [-0.25, -0.2) is 0 Å². The molecule has 13 heavy (non-hydrogen) atoms. The highest BCUT2D eigenvalue weighted by atomic mass is 35.5. The third-order valence-corrected chi connectivity index (χ3v) is 2.46. The molecule has 0 N–H and O–H groups in total. The fourth-order valence-electron chi connectivity index (χ4n) is 0.693. The smallest absolute Gasteiger partial charge is 0.0223 e. The summed E-state index contributed by atoms with van der Waals surface area (Å²) in [6.45, 7) is 12.5. The van der Waals surface area contributed by atoms with Crippen molar-refractivity contribution < 1.29 is 0 Å². The number of allylic oxidation sites excluding steroid dienone is 1. The third kappa shape index (κ3) is 14.8. The minimum absolute atomic E-state index is 0.708. The highest BCUT2D eigenvalue weighted by Gasteiger charge is 1.94. The van der Waals surface area contributed by atoms with Crippen LogP contribution in [0.1, 0.15) is 53.4 Å². The Labute approximate surface area is 89.4 Å². The van der Waals surface area contributed by atoms with E-state index < -0.39 is 0 Å². The molecule has 0 heterocycles. The molecule has 0 saturated heterocycles. The van der Waals surface area contributed by atoms with E-state index in [4.69, 9.17) is 11.6 Å². The zero-order valence-corrected chi connectivity index (χ0v) is 10.5. The van der Waals surface area contributed by atoms with Gasteiger partial charge in [-0.05, 0) is 25.7 Å². The summed E-state index contributed by atoms with van der Waals surface area (Å²) in [6, 6.07) is 0. The molecule has 0 nitrogen and oxygen atoms in total. The lowest BCUT2D eigenvalue weighted by Gasteiger charge is -2.04. The molecule has 0 radical (unpaired) electrons. The van der Waals surface area contributed by atoms with Gasteiger partial charge in [-0.1, -0.05) is 45.8 Å². The monoisotopic (exact) mass is 204 g/mol. The van der Waals surface area contributed by atoms with Crippen molar-refractivity contribution in [3.8, 4) is 0 Å². The van der Waals surface area contributed by atoms with Crippen LogP contribution in [0.25, 0.3) is 0 Å². The van der Waals surface area contributed by atoms with Crippen LogP contribution < -0.4 is 0 Å². The van der Waals surface area contributed by atoms with Gasteiger partial charge in [0.05, 0.1) is 0 Å². The predicted octanol–water partition coefficient (Wildman–Crippen LogP) is 5.02. The fourth-order valence-corrected chi connectivity index (χ4v) is 0.882. The first kappa shape index (κ1) is 15.5. The average molecular weight is 205 g/mol. The van der Waals surface area contributed by atoms with Gasteiger partial charge in [0.1, 0.15) is 0 Å². The second kappa shape index (κ2) is 12.0. The third-order valence-electron chi connectivity index (χ3n) is 2.19. The zero-order valence-electron chi connectivity index (χ0n) is 9.70. The molecule has 1 unspecified atom stereocenters. The van der Waals surface area contributed by atoms with Crippen molar-refractivity contribution in [3.63, 3.8) is 0 Å². The van der Waals surface area contributed by atoms with Crippen LogP contribution in [0.15, 0.2) is 12.2 Å². The predicted molar refractivity (Wildman–Crippen MR) is 64.5 cm³/mol. The van der Waals surface area contributed by atoms with Crippen LogP contribution >= 0.6 is 11.6 Å². The normalized spacial score (nSPS) is 11.5. The first-order chi connectivity index (χ1) is 6.09. The maximum absolute atomic E-state index is 5.38. The van der Waals surface area contributed by atoms with Gasteiger partial charge in [0.15, 0.2) is 0 Å². The van der Waals surface area contributed by atoms with Crippen molar-refractivity contribution in [1.82, 2.24) is 0 Å². The lowest BCUT2D eigenvalue weighted by molar-refractivity contribution is 0.658. The second-order valence-corrected chi connectivity index (χ2v) is 3.93. The van der Waals surface area contributed by atoms with Gasteiger partial charge in [-0.3, -0.25) is 0 Å². The first-order valence-electron chi connectivity index (χ1n) is 5.31. The highest BCUT2D eigenvalue weighted by Crippen LogP contribution is 2.09. The zero-order chi connectivity index (χ0) is 10.7. The molecule has 0 saturated carbocycles. The topological polar surface area (TPSA) is 0 Å². The Balaban J connectivity index is 0. The van der Waals surface area contributed by atoms with Crippen molar-refractivity contribution in [2.24, 2.45) is 5.92 Å². The van der Waals surface area contributed by atoms with E-state index in [0.29, 0.717) is 5.92 Å². The molecule has 1 heteroatoms.